The number of aromatic nitrogens is 2. The third-order valence-electron chi connectivity index (χ3n) is 5.50. The maximum atomic E-state index is 13.8. The number of ether oxygens (including phenoxy) is 3. The number of carbonyl (C=O) groups is 1. The molecule has 0 aliphatic rings. The van der Waals surface area contributed by atoms with Crippen molar-refractivity contribution in [2.45, 2.75) is 6.54 Å². The van der Waals surface area contributed by atoms with Gasteiger partial charge in [-0.2, -0.15) is 0 Å². The van der Waals surface area contributed by atoms with Crippen LogP contribution in [0, 0.1) is 0 Å². The molecule has 0 aliphatic heterocycles. The number of rotatable bonds is 8. The third kappa shape index (κ3) is 4.85. The van der Waals surface area contributed by atoms with Gasteiger partial charge in [0.1, 0.15) is 33.2 Å². The van der Waals surface area contributed by atoms with Crippen LogP contribution in [-0.4, -0.2) is 30.1 Å². The highest BCUT2D eigenvalue weighted by Crippen LogP contribution is 2.40. The van der Waals surface area contributed by atoms with E-state index in [0.29, 0.717) is 33.5 Å². The van der Waals surface area contributed by atoms with Crippen molar-refractivity contribution in [2.24, 2.45) is 0 Å². The van der Waals surface area contributed by atoms with Gasteiger partial charge in [-0.25, -0.2) is 4.98 Å². The van der Waals surface area contributed by atoms with Crippen LogP contribution in [0.2, 0.25) is 0 Å². The molecule has 5 aromatic rings. The van der Waals surface area contributed by atoms with Gasteiger partial charge in [0.15, 0.2) is 5.13 Å². The molecule has 36 heavy (non-hydrogen) atoms. The van der Waals surface area contributed by atoms with Crippen LogP contribution in [0.25, 0.3) is 10.2 Å². The molecule has 5 rings (SSSR count). The molecule has 0 unspecified atom stereocenters. The Balaban J connectivity index is 1.50. The van der Waals surface area contributed by atoms with E-state index in [-0.39, 0.29) is 12.5 Å². The molecule has 0 N–H and O–H groups in total. The molecule has 8 heteroatoms. The zero-order valence-electron chi connectivity index (χ0n) is 19.8. The van der Waals surface area contributed by atoms with Crippen molar-refractivity contribution in [3.05, 3.63) is 102 Å². The van der Waals surface area contributed by atoms with Crippen molar-refractivity contribution >= 4 is 32.6 Å². The standard InChI is InChI=1S/C28H23N3O4S/c1-33-23-15-16-24(34-2)26-25(23)30-28(36-26)31(18-20-8-6-7-17-29-20)27(32)19-11-13-22(14-12-19)35-21-9-4-3-5-10-21/h3-17H,18H2,1-2H3. The van der Waals surface area contributed by atoms with Crippen LogP contribution in [0.3, 0.4) is 0 Å². The van der Waals surface area contributed by atoms with Crippen LogP contribution in [0.15, 0.2) is 91.1 Å². The van der Waals surface area contributed by atoms with Crippen molar-refractivity contribution in [1.82, 2.24) is 9.97 Å². The molecule has 3 aromatic carbocycles. The number of pyridine rings is 1. The van der Waals surface area contributed by atoms with Gasteiger partial charge in [0.25, 0.3) is 5.91 Å². The number of anilines is 1. The maximum absolute atomic E-state index is 13.8. The Morgan fingerprint density at radius 2 is 1.53 bits per heavy atom. The van der Waals surface area contributed by atoms with Crippen molar-refractivity contribution in [3.63, 3.8) is 0 Å². The zero-order valence-corrected chi connectivity index (χ0v) is 20.6. The molecule has 0 radical (unpaired) electrons. The van der Waals surface area contributed by atoms with Gasteiger partial charge in [-0.1, -0.05) is 35.6 Å². The number of carbonyl (C=O) groups excluding carboxylic acids is 1. The molecule has 0 saturated heterocycles. The SMILES string of the molecule is COc1ccc(OC)c2sc(N(Cc3ccccn3)C(=O)c3ccc(Oc4ccccc4)cc3)nc12. The summed E-state index contributed by atoms with van der Waals surface area (Å²) in [6.45, 7) is 0.256. The first kappa shape index (κ1) is 23.3. The lowest BCUT2D eigenvalue weighted by molar-refractivity contribution is 0.0985. The summed E-state index contributed by atoms with van der Waals surface area (Å²) >= 11 is 1.37. The van der Waals surface area contributed by atoms with Crippen LogP contribution in [0.5, 0.6) is 23.0 Å². The number of hydrogen-bond donors (Lipinski definition) is 0. The Morgan fingerprint density at radius 3 is 2.22 bits per heavy atom. The number of methoxy groups -OCH3 is 2. The van der Waals surface area contributed by atoms with Crippen molar-refractivity contribution in [3.8, 4) is 23.0 Å². The van der Waals surface area contributed by atoms with Gasteiger partial charge in [-0.05, 0) is 60.7 Å². The number of nitrogens with zero attached hydrogens (tertiary/aromatic N) is 3. The van der Waals surface area contributed by atoms with E-state index in [1.807, 2.05) is 54.6 Å². The monoisotopic (exact) mass is 497 g/mol. The smallest absolute Gasteiger partial charge is 0.260 e. The highest BCUT2D eigenvalue weighted by molar-refractivity contribution is 7.22. The second-order valence-electron chi connectivity index (χ2n) is 7.80. The van der Waals surface area contributed by atoms with Crippen LogP contribution in [0.4, 0.5) is 5.13 Å². The minimum Gasteiger partial charge on any atom is -0.495 e. The van der Waals surface area contributed by atoms with E-state index in [1.54, 1.807) is 55.6 Å². The second kappa shape index (κ2) is 10.5. The first-order valence-corrected chi connectivity index (χ1v) is 12.0. The average Bonchev–Trinajstić information content (AvgIpc) is 3.38. The summed E-state index contributed by atoms with van der Waals surface area (Å²) in [5.41, 5.74) is 1.89. The fraction of sp³-hybridized carbons (Fsp3) is 0.107. The molecule has 0 atom stereocenters. The highest BCUT2D eigenvalue weighted by atomic mass is 32.1. The number of fused-ring (bicyclic) bond motifs is 1. The molecule has 0 aliphatic carbocycles. The van der Waals surface area contributed by atoms with Crippen LogP contribution < -0.4 is 19.1 Å². The van der Waals surface area contributed by atoms with Crippen LogP contribution in [-0.2, 0) is 6.54 Å². The quantitative estimate of drug-likeness (QED) is 0.249. The first-order valence-electron chi connectivity index (χ1n) is 11.2. The van der Waals surface area contributed by atoms with E-state index in [1.165, 1.54) is 11.3 Å². The molecule has 0 bridgehead atoms. The van der Waals surface area contributed by atoms with E-state index in [9.17, 15) is 4.79 Å². The molecular weight excluding hydrogens is 474 g/mol. The molecule has 0 spiro atoms. The number of thiazole rings is 1. The van der Waals surface area contributed by atoms with Gasteiger partial charge in [0.05, 0.1) is 26.5 Å². The Kier molecular flexibility index (Phi) is 6.77. The van der Waals surface area contributed by atoms with Gasteiger partial charge in [-0.15, -0.1) is 0 Å². The largest absolute Gasteiger partial charge is 0.495 e. The molecule has 0 fully saturated rings. The second-order valence-corrected chi connectivity index (χ2v) is 8.77. The lowest BCUT2D eigenvalue weighted by Crippen LogP contribution is -2.30. The Hall–Kier alpha value is -4.43. The predicted molar refractivity (Wildman–Crippen MR) is 140 cm³/mol. The van der Waals surface area contributed by atoms with E-state index >= 15 is 0 Å². The molecule has 1 amide bonds. The summed E-state index contributed by atoms with van der Waals surface area (Å²) in [6, 6.07) is 25.8. The minimum atomic E-state index is -0.205. The third-order valence-corrected chi connectivity index (χ3v) is 6.59. The zero-order chi connectivity index (χ0) is 24.9. The topological polar surface area (TPSA) is 73.8 Å². The summed E-state index contributed by atoms with van der Waals surface area (Å²) in [7, 11) is 3.20. The normalized spacial score (nSPS) is 10.7. The summed E-state index contributed by atoms with van der Waals surface area (Å²) < 4.78 is 17.7. The molecule has 2 heterocycles. The van der Waals surface area contributed by atoms with Gasteiger partial charge in [0, 0.05) is 11.8 Å². The summed E-state index contributed by atoms with van der Waals surface area (Å²) in [6.07, 6.45) is 1.71. The summed E-state index contributed by atoms with van der Waals surface area (Å²) in [5, 5.41) is 0.521. The van der Waals surface area contributed by atoms with Crippen molar-refractivity contribution < 1.29 is 19.0 Å². The lowest BCUT2D eigenvalue weighted by atomic mass is 10.2. The van der Waals surface area contributed by atoms with Gasteiger partial charge in [0.2, 0.25) is 0 Å². The number of para-hydroxylation sites is 1. The van der Waals surface area contributed by atoms with E-state index in [0.717, 1.165) is 16.1 Å². The van der Waals surface area contributed by atoms with Crippen LogP contribution in [0.1, 0.15) is 16.1 Å². The Bertz CT molecular complexity index is 1430. The molecular formula is C28H23N3O4S. The fourth-order valence-corrected chi connectivity index (χ4v) is 4.79. The van der Waals surface area contributed by atoms with E-state index in [2.05, 4.69) is 4.98 Å². The predicted octanol–water partition coefficient (Wildman–Crippen LogP) is 6.35. The van der Waals surface area contributed by atoms with Crippen molar-refractivity contribution in [1.29, 1.82) is 0 Å². The number of amides is 1. The Morgan fingerprint density at radius 1 is 0.833 bits per heavy atom. The van der Waals surface area contributed by atoms with Crippen molar-refractivity contribution in [2.75, 3.05) is 19.1 Å². The lowest BCUT2D eigenvalue weighted by Gasteiger charge is -2.20. The van der Waals surface area contributed by atoms with E-state index < -0.39 is 0 Å². The van der Waals surface area contributed by atoms with Gasteiger partial charge >= 0.3 is 0 Å². The summed E-state index contributed by atoms with van der Waals surface area (Å²) in [4.78, 5) is 24.6. The molecule has 2 aromatic heterocycles. The van der Waals surface area contributed by atoms with E-state index in [4.69, 9.17) is 19.2 Å². The van der Waals surface area contributed by atoms with Gasteiger partial charge < -0.3 is 14.2 Å². The summed E-state index contributed by atoms with van der Waals surface area (Å²) in [5.74, 6) is 2.45. The van der Waals surface area contributed by atoms with Crippen LogP contribution >= 0.6 is 11.3 Å². The molecule has 0 saturated carbocycles. The molecule has 180 valence electrons. The Labute approximate surface area is 212 Å². The highest BCUT2D eigenvalue weighted by Gasteiger charge is 2.24. The average molecular weight is 498 g/mol. The maximum Gasteiger partial charge on any atom is 0.260 e. The number of benzene rings is 3. The fourth-order valence-electron chi connectivity index (χ4n) is 3.72. The number of hydrogen-bond acceptors (Lipinski definition) is 7. The minimum absolute atomic E-state index is 0.205. The van der Waals surface area contributed by atoms with Gasteiger partial charge in [-0.3, -0.25) is 14.7 Å². The first-order chi connectivity index (χ1) is 17.7. The molecule has 7 nitrogen and oxygen atoms in total.